The number of aromatic carboxylic acids is 1. The van der Waals surface area contributed by atoms with E-state index in [0.29, 0.717) is 40.5 Å². The van der Waals surface area contributed by atoms with Crippen molar-refractivity contribution in [3.05, 3.63) is 177 Å². The first kappa shape index (κ1) is 97.0. The summed E-state index contributed by atoms with van der Waals surface area (Å²) in [7, 11) is 0. The average Bonchev–Trinajstić information content (AvgIpc) is 0.744. The molecule has 27 N–H and O–H groups in total. The number of fused-ring (bicyclic) bond motifs is 6. The lowest BCUT2D eigenvalue weighted by Crippen LogP contribution is -2.55. The Kier molecular flexibility index (Phi) is 31.2. The van der Waals surface area contributed by atoms with Crippen molar-refractivity contribution in [2.75, 3.05) is 99.4 Å². The first-order valence-corrected chi connectivity index (χ1v) is 44.5. The second kappa shape index (κ2) is 43.7. The molecule has 712 valence electrons. The van der Waals surface area contributed by atoms with Gasteiger partial charge in [0.25, 0.3) is 11.8 Å². The molecule has 6 heterocycles. The van der Waals surface area contributed by atoms with Gasteiger partial charge in [-0.1, -0.05) is 58.7 Å². The molecule has 0 radical (unpaired) electrons. The maximum Gasteiger partial charge on any atom is 0.336 e. The van der Waals surface area contributed by atoms with Crippen LogP contribution in [0.15, 0.2) is 137 Å². The quantitative estimate of drug-likeness (QED) is 0.0133. The van der Waals surface area contributed by atoms with Crippen molar-refractivity contribution < 1.29 is 77.0 Å². The number of rotatable bonds is 28. The predicted molar refractivity (Wildman–Crippen MR) is 508 cm³/mol. The zero-order chi connectivity index (χ0) is 97.3. The van der Waals surface area contributed by atoms with Crippen LogP contribution in [0, 0.1) is 34.5 Å². The molecule has 136 heavy (non-hydrogen) atoms. The van der Waals surface area contributed by atoms with Crippen molar-refractivity contribution >= 4 is 157 Å². The number of nitrogens with zero attached hydrogens (tertiary/aromatic N) is 5. The van der Waals surface area contributed by atoms with Gasteiger partial charge in [-0.3, -0.25) is 73.1 Å². The number of hydrogen-bond acceptors (Lipinski definition) is 26. The van der Waals surface area contributed by atoms with E-state index in [1.54, 1.807) is 44.2 Å². The monoisotopic (exact) mass is 1860 g/mol. The average molecular weight is 1860 g/mol. The third kappa shape index (κ3) is 24.2. The lowest BCUT2D eigenvalue weighted by Gasteiger charge is -2.34. The number of aromatic nitrogens is 3. The lowest BCUT2D eigenvalue weighted by atomic mass is 9.90. The van der Waals surface area contributed by atoms with E-state index in [1.807, 2.05) is 23.6 Å². The molecule has 6 aliphatic rings. The fraction of sp³-hybridized carbons (Fsp3) is 0.344. The summed E-state index contributed by atoms with van der Waals surface area (Å²) in [4.78, 5) is 211. The summed E-state index contributed by atoms with van der Waals surface area (Å²) < 4.78 is 6.05. The fourth-order valence-corrected chi connectivity index (χ4v) is 16.4. The minimum Gasteiger partial charge on any atom is -0.508 e. The van der Waals surface area contributed by atoms with Gasteiger partial charge in [-0.25, -0.2) is 4.79 Å². The molecule has 6 atom stereocenters. The molecule has 43 heteroatoms. The van der Waals surface area contributed by atoms with Crippen LogP contribution in [-0.4, -0.2) is 190 Å². The van der Waals surface area contributed by atoms with E-state index in [-0.39, 0.29) is 229 Å². The standard InChI is InChI=1S/C93H108N26O17/c1-5-46(3)76-86(132)109-67(9-7-29-100-89(96)97)84(130)111-69-35-50(78(94)124)11-13-52(69)42-102-65-23-16-54(38-63(65)82(128)113-76)106-73(122)44-104-80(126)48-25-31-118(32-26-48)92-115-91(108-56-15-20-59(62(37-56)88(134)135)75-60-21-18-57(120)40-71(60)136-72-41-58(121)19-22-61(72)75)116-93(117-92)119-33-27-49(28-34-119)81(127)105-45-74(123)107-55-17-24-66-64(39-55)83(129)114-77(47(4)6-2)87(133)110-68(10-8-30-101-90(98)99)85(131)112-70-36-51(79(95)125)12-14-53(70)43-103-66/h11-24,35-41,46-49,67-68,76-77,102-103,120H,5-10,25-34,42-45H2,1-4H3,(H2,94,124)(H2,95,125)(H,104,126)(H,105,127)(H,106,122)(H,107,123)(H,109,132)(H,110,133)(H,111,130)(H,112,131)(H,113,128)(H,114,129)(H,134,135)(H4,96,97,100)(H4,98,99,101)(H,108,115,116,117)/t46-,47-,67-,68-,76-,77-/m0/s1. The van der Waals surface area contributed by atoms with Crippen LogP contribution in [0.1, 0.15) is 155 Å². The molecule has 2 saturated heterocycles. The first-order valence-electron chi connectivity index (χ1n) is 44.5. The van der Waals surface area contributed by atoms with Gasteiger partial charge < -0.3 is 127 Å². The number of carbonyl (C=O) groups is 13. The van der Waals surface area contributed by atoms with Crippen LogP contribution in [0.2, 0.25) is 0 Å². The normalized spacial score (nSPS) is 17.3. The Morgan fingerprint density at radius 2 is 0.971 bits per heavy atom. The van der Waals surface area contributed by atoms with Crippen LogP contribution < -0.4 is 118 Å². The SMILES string of the molecule is CC[C@H](C)[C@@H]1NC(=O)c2cc(NC(=O)CNC(=O)C3CCN(c4nc(Nc5ccc(-c6c7ccc(=O)cc-7oc7cc(O)ccc67)c(C(=O)O)c5)nc(N5CCC(C(=O)NCC(=O)Nc6ccc7c(c6)C(=O)N[C@@H]([C@@H](C)CC)C(=O)N[C@@H](CCCNC(=N)N)C(=O)Nc6cc(C(N)=O)ccc6CN7)CC5)n4)CC3)ccc2NCc2ccc(C(N)=O)cc2NC(=O)[C@H](CCCNC(=N)N)NC1=O. The van der Waals surface area contributed by atoms with Crippen LogP contribution in [0.4, 0.5) is 57.7 Å². The molecule has 0 unspecified atom stereocenters. The Bertz CT molecular complexity index is 5940. The number of phenols is 1. The summed E-state index contributed by atoms with van der Waals surface area (Å²) in [5.74, 6) is -11.5. The molecular weight excluding hydrogens is 1750 g/mol. The smallest absolute Gasteiger partial charge is 0.336 e. The molecule has 0 saturated carbocycles. The fourth-order valence-electron chi connectivity index (χ4n) is 16.4. The number of phenolic OH excluding ortho intramolecular Hbond substituents is 1. The van der Waals surface area contributed by atoms with E-state index in [0.717, 1.165) is 0 Å². The summed E-state index contributed by atoms with van der Waals surface area (Å²) in [5.41, 5.74) is 25.5. The number of carboxylic acids is 1. The molecule has 5 aliphatic heterocycles. The number of piperidine rings is 2. The maximum atomic E-state index is 14.6. The summed E-state index contributed by atoms with van der Waals surface area (Å²) in [6.45, 7) is 7.38. The third-order valence-electron chi connectivity index (χ3n) is 24.3. The maximum absolute atomic E-state index is 14.6. The van der Waals surface area contributed by atoms with Gasteiger partial charge in [-0.15, -0.1) is 0 Å². The first-order chi connectivity index (χ1) is 65.1. The second-order valence-corrected chi connectivity index (χ2v) is 33.8. The molecule has 7 aromatic rings. The number of benzene rings is 7. The Balaban J connectivity index is 0.694. The van der Waals surface area contributed by atoms with Gasteiger partial charge in [0.15, 0.2) is 17.3 Å². The predicted octanol–water partition coefficient (Wildman–Crippen LogP) is 4.95. The third-order valence-corrected chi connectivity index (χ3v) is 24.3. The highest BCUT2D eigenvalue weighted by atomic mass is 16.4. The van der Waals surface area contributed by atoms with Crippen molar-refractivity contribution in [2.24, 2.45) is 46.6 Å². The number of aromatic hydroxyl groups is 1. The zero-order valence-corrected chi connectivity index (χ0v) is 74.9. The molecule has 13 rings (SSSR count). The zero-order valence-electron chi connectivity index (χ0n) is 74.9. The van der Waals surface area contributed by atoms with Crippen LogP contribution in [-0.2, 0) is 51.4 Å². The number of carboxylic acid groups (broad SMARTS) is 1. The lowest BCUT2D eigenvalue weighted by molar-refractivity contribution is -0.128. The summed E-state index contributed by atoms with van der Waals surface area (Å²) in [6, 6.07) is 26.2. The molecule has 1 aromatic heterocycles. The highest BCUT2D eigenvalue weighted by Gasteiger charge is 2.37. The number of amides is 12. The summed E-state index contributed by atoms with van der Waals surface area (Å²) >= 11 is 0. The van der Waals surface area contributed by atoms with Gasteiger partial charge in [0.2, 0.25) is 76.9 Å². The van der Waals surface area contributed by atoms with Crippen molar-refractivity contribution in [2.45, 2.75) is 129 Å². The van der Waals surface area contributed by atoms with Crippen molar-refractivity contribution in [1.29, 1.82) is 10.8 Å². The Labute approximate surface area is 778 Å². The number of primary amides is 2. The molecule has 0 bridgehead atoms. The topological polar surface area (TPSA) is 670 Å². The Hall–Kier alpha value is -16.5. The highest BCUT2D eigenvalue weighted by molar-refractivity contribution is 6.11. The van der Waals surface area contributed by atoms with Gasteiger partial charge in [0, 0.05) is 144 Å². The van der Waals surface area contributed by atoms with Crippen LogP contribution in [0.25, 0.3) is 33.4 Å². The summed E-state index contributed by atoms with van der Waals surface area (Å²) in [6.07, 6.45) is 2.52. The Morgan fingerprint density at radius 3 is 1.42 bits per heavy atom. The molecule has 6 aromatic carbocycles. The van der Waals surface area contributed by atoms with Gasteiger partial charge in [-0.05, 0) is 177 Å². The van der Waals surface area contributed by atoms with Gasteiger partial charge >= 0.3 is 5.97 Å². The molecule has 2 fully saturated rings. The van der Waals surface area contributed by atoms with Crippen molar-refractivity contribution in [1.82, 2.24) is 57.5 Å². The van der Waals surface area contributed by atoms with Crippen LogP contribution in [0.3, 0.4) is 0 Å². The molecule has 0 spiro atoms. The van der Waals surface area contributed by atoms with Crippen molar-refractivity contribution in [3.8, 4) is 28.2 Å². The van der Waals surface area contributed by atoms with E-state index >= 15 is 0 Å². The largest absolute Gasteiger partial charge is 0.508 e. The molecular formula is C93H108N26O17. The second-order valence-electron chi connectivity index (χ2n) is 33.8. The highest BCUT2D eigenvalue weighted by Crippen LogP contribution is 2.43. The molecule has 12 amide bonds. The van der Waals surface area contributed by atoms with Gasteiger partial charge in [0.05, 0.1) is 29.8 Å². The molecule has 43 nitrogen and oxygen atoms in total. The van der Waals surface area contributed by atoms with E-state index in [2.05, 4.69) is 79.8 Å². The minimum absolute atomic E-state index is 0.00779. The number of nitrogens with two attached hydrogens (primary N) is 4. The van der Waals surface area contributed by atoms with E-state index in [4.69, 9.17) is 53.1 Å². The van der Waals surface area contributed by atoms with E-state index < -0.39 is 138 Å². The number of nitrogens with one attached hydrogen (secondary N) is 17. The van der Waals surface area contributed by atoms with Gasteiger partial charge in [0.1, 0.15) is 41.3 Å². The number of anilines is 10. The number of guanidine groups is 2. The van der Waals surface area contributed by atoms with Gasteiger partial charge in [-0.2, -0.15) is 15.0 Å². The van der Waals surface area contributed by atoms with Crippen molar-refractivity contribution in [3.63, 3.8) is 0 Å². The van der Waals surface area contributed by atoms with Crippen LogP contribution in [0.5, 0.6) is 5.75 Å². The molecule has 1 aliphatic carbocycles. The number of hydrogen-bond donors (Lipinski definition) is 23. The van der Waals surface area contributed by atoms with Crippen LogP contribution >= 0.6 is 0 Å². The Morgan fingerprint density at radius 1 is 0.507 bits per heavy atom. The number of carbonyl (C=O) groups excluding carboxylic acids is 12. The summed E-state index contributed by atoms with van der Waals surface area (Å²) in [5, 5.41) is 80.0. The van der Waals surface area contributed by atoms with E-state index in [1.165, 1.54) is 97.1 Å². The van der Waals surface area contributed by atoms with E-state index in [9.17, 15) is 77.3 Å². The minimum atomic E-state index is -1.32.